The van der Waals surface area contributed by atoms with E-state index in [4.69, 9.17) is 27.9 Å². The summed E-state index contributed by atoms with van der Waals surface area (Å²) in [5, 5.41) is 6.76. The van der Waals surface area contributed by atoms with Crippen molar-refractivity contribution in [3.05, 3.63) is 28.2 Å². The number of ether oxygens (including phenoxy) is 1. The fraction of sp³-hybridized carbons (Fsp3) is 0.231. The predicted molar refractivity (Wildman–Crippen MR) is 80.9 cm³/mol. The minimum atomic E-state index is -0.757. The molecule has 2 N–H and O–H groups in total. The van der Waals surface area contributed by atoms with Gasteiger partial charge in [-0.2, -0.15) is 5.10 Å². The Kier molecular flexibility index (Phi) is 5.35. The average molecular weight is 344 g/mol. The summed E-state index contributed by atoms with van der Waals surface area (Å²) in [7, 11) is 0. The van der Waals surface area contributed by atoms with Crippen molar-refractivity contribution in [2.75, 3.05) is 11.9 Å². The van der Waals surface area contributed by atoms with Crippen LogP contribution in [-0.4, -0.2) is 30.1 Å². The highest BCUT2D eigenvalue weighted by Crippen LogP contribution is 2.25. The van der Waals surface area contributed by atoms with E-state index in [-0.39, 0.29) is 24.5 Å². The number of hydrogen-bond donors (Lipinski definition) is 2. The van der Waals surface area contributed by atoms with Gasteiger partial charge in [-0.15, -0.1) is 0 Å². The summed E-state index contributed by atoms with van der Waals surface area (Å²) in [6, 6.07) is 4.59. The minimum Gasteiger partial charge on any atom is -0.451 e. The van der Waals surface area contributed by atoms with Gasteiger partial charge >= 0.3 is 5.97 Å². The first-order chi connectivity index (χ1) is 10.5. The number of rotatable bonds is 4. The van der Waals surface area contributed by atoms with Crippen LogP contribution in [0.2, 0.25) is 10.0 Å². The summed E-state index contributed by atoms with van der Waals surface area (Å²) in [5.74, 6) is -1.60. The third-order valence-corrected chi connectivity index (χ3v) is 3.24. The molecule has 1 aromatic rings. The van der Waals surface area contributed by atoms with Crippen molar-refractivity contribution in [2.24, 2.45) is 5.10 Å². The van der Waals surface area contributed by atoms with Crippen LogP contribution in [-0.2, 0) is 19.1 Å². The number of halogens is 2. The zero-order valence-electron chi connectivity index (χ0n) is 11.2. The highest BCUT2D eigenvalue weighted by atomic mass is 35.5. The van der Waals surface area contributed by atoms with Gasteiger partial charge in [-0.25, -0.2) is 10.2 Å². The van der Waals surface area contributed by atoms with Crippen LogP contribution in [0.5, 0.6) is 0 Å². The van der Waals surface area contributed by atoms with Crippen molar-refractivity contribution >= 4 is 52.4 Å². The van der Waals surface area contributed by atoms with Gasteiger partial charge in [0.15, 0.2) is 6.61 Å². The summed E-state index contributed by atoms with van der Waals surface area (Å²) in [6.45, 7) is -0.505. The van der Waals surface area contributed by atoms with Crippen molar-refractivity contribution < 1.29 is 19.1 Å². The minimum absolute atomic E-state index is 0.0631. The number of benzene rings is 1. The molecule has 2 amide bonds. The Balaban J connectivity index is 1.86. The van der Waals surface area contributed by atoms with E-state index >= 15 is 0 Å². The van der Waals surface area contributed by atoms with E-state index < -0.39 is 18.5 Å². The Hall–Kier alpha value is -2.12. The zero-order valence-corrected chi connectivity index (χ0v) is 12.7. The number of anilines is 1. The van der Waals surface area contributed by atoms with Crippen molar-refractivity contribution in [3.63, 3.8) is 0 Å². The normalized spacial score (nSPS) is 13.9. The Morgan fingerprint density at radius 1 is 1.32 bits per heavy atom. The molecular weight excluding hydrogens is 333 g/mol. The number of nitrogens with zero attached hydrogens (tertiary/aromatic N) is 1. The molecule has 0 aliphatic carbocycles. The Bertz CT molecular complexity index is 661. The lowest BCUT2D eigenvalue weighted by Crippen LogP contribution is -2.32. The first-order valence-corrected chi connectivity index (χ1v) is 6.98. The second-order valence-corrected chi connectivity index (χ2v) is 5.19. The maximum Gasteiger partial charge on any atom is 0.355 e. The highest BCUT2D eigenvalue weighted by Gasteiger charge is 2.20. The molecule has 1 aliphatic heterocycles. The van der Waals surface area contributed by atoms with Crippen molar-refractivity contribution in [2.45, 2.75) is 12.8 Å². The number of hydrogen-bond acceptors (Lipinski definition) is 5. The Morgan fingerprint density at radius 2 is 2.09 bits per heavy atom. The summed E-state index contributed by atoms with van der Waals surface area (Å²) in [4.78, 5) is 34.3. The monoisotopic (exact) mass is 343 g/mol. The molecule has 0 spiro atoms. The highest BCUT2D eigenvalue weighted by molar-refractivity contribution is 6.37. The first-order valence-electron chi connectivity index (χ1n) is 6.23. The lowest BCUT2D eigenvalue weighted by Gasteiger charge is -2.11. The number of esters is 1. The van der Waals surface area contributed by atoms with Gasteiger partial charge < -0.3 is 10.1 Å². The van der Waals surface area contributed by atoms with Crippen LogP contribution in [0, 0.1) is 0 Å². The van der Waals surface area contributed by atoms with Crippen molar-refractivity contribution in [1.82, 2.24) is 5.43 Å². The molecular formula is C13H11Cl2N3O4. The molecule has 0 atom stereocenters. The number of carbonyl (C=O) groups excluding carboxylic acids is 3. The standard InChI is InChI=1S/C13H11Cl2N3O4/c14-7-1-2-8(15)10(5-7)16-12(20)6-22-13(21)9-3-4-11(19)18-17-9/h1-2,5H,3-4,6H2,(H,16,20)(H,18,19). The van der Waals surface area contributed by atoms with Gasteiger partial charge in [0.1, 0.15) is 5.71 Å². The van der Waals surface area contributed by atoms with E-state index in [1.54, 1.807) is 6.07 Å². The average Bonchev–Trinajstić information content (AvgIpc) is 2.49. The lowest BCUT2D eigenvalue weighted by molar-refractivity contribution is -0.140. The van der Waals surface area contributed by atoms with Gasteiger partial charge in [-0.3, -0.25) is 9.59 Å². The van der Waals surface area contributed by atoms with Gasteiger partial charge in [0.05, 0.1) is 10.7 Å². The van der Waals surface area contributed by atoms with Gasteiger partial charge in [0, 0.05) is 17.9 Å². The smallest absolute Gasteiger partial charge is 0.355 e. The third kappa shape index (κ3) is 4.44. The molecule has 116 valence electrons. The fourth-order valence-corrected chi connectivity index (χ4v) is 1.95. The van der Waals surface area contributed by atoms with Crippen LogP contribution < -0.4 is 10.7 Å². The van der Waals surface area contributed by atoms with Gasteiger partial charge in [-0.1, -0.05) is 23.2 Å². The molecule has 0 bridgehead atoms. The van der Waals surface area contributed by atoms with Crippen LogP contribution in [0.1, 0.15) is 12.8 Å². The number of hydrazone groups is 1. The maximum atomic E-state index is 11.7. The molecule has 1 heterocycles. The molecule has 0 fully saturated rings. The van der Waals surface area contributed by atoms with E-state index in [0.29, 0.717) is 15.7 Å². The van der Waals surface area contributed by atoms with Crippen LogP contribution in [0.4, 0.5) is 5.69 Å². The predicted octanol–water partition coefficient (Wildman–Crippen LogP) is 1.74. The molecule has 22 heavy (non-hydrogen) atoms. The largest absolute Gasteiger partial charge is 0.451 e. The van der Waals surface area contributed by atoms with Gasteiger partial charge in [0.25, 0.3) is 5.91 Å². The van der Waals surface area contributed by atoms with E-state index in [2.05, 4.69) is 15.8 Å². The van der Waals surface area contributed by atoms with Crippen LogP contribution in [0.25, 0.3) is 0 Å². The first kappa shape index (κ1) is 16.3. The second kappa shape index (κ2) is 7.24. The Morgan fingerprint density at radius 3 is 2.77 bits per heavy atom. The lowest BCUT2D eigenvalue weighted by atomic mass is 10.2. The quantitative estimate of drug-likeness (QED) is 0.813. The number of amides is 2. The summed E-state index contributed by atoms with van der Waals surface area (Å²) in [6.07, 6.45) is 0.324. The van der Waals surface area contributed by atoms with Gasteiger partial charge in [-0.05, 0) is 18.2 Å². The van der Waals surface area contributed by atoms with Crippen molar-refractivity contribution in [3.8, 4) is 0 Å². The van der Waals surface area contributed by atoms with Crippen LogP contribution >= 0.6 is 23.2 Å². The Labute approximate surface area is 135 Å². The SMILES string of the molecule is O=C1CCC(C(=O)OCC(=O)Nc2cc(Cl)ccc2Cl)=NN1. The molecule has 9 heteroatoms. The zero-order chi connectivity index (χ0) is 16.1. The molecule has 0 saturated heterocycles. The molecule has 1 aromatic carbocycles. The van der Waals surface area contributed by atoms with E-state index in [0.717, 1.165) is 0 Å². The molecule has 0 saturated carbocycles. The number of nitrogens with one attached hydrogen (secondary N) is 2. The van der Waals surface area contributed by atoms with E-state index in [1.807, 2.05) is 0 Å². The number of carbonyl (C=O) groups is 3. The molecule has 7 nitrogen and oxygen atoms in total. The van der Waals surface area contributed by atoms with Gasteiger partial charge in [0.2, 0.25) is 5.91 Å². The molecule has 0 radical (unpaired) electrons. The van der Waals surface area contributed by atoms with Crippen molar-refractivity contribution in [1.29, 1.82) is 0 Å². The molecule has 0 aromatic heterocycles. The summed E-state index contributed by atoms with van der Waals surface area (Å²) in [5.41, 5.74) is 2.55. The topological polar surface area (TPSA) is 96.9 Å². The fourth-order valence-electron chi connectivity index (χ4n) is 1.62. The summed E-state index contributed by atoms with van der Waals surface area (Å²) < 4.78 is 4.81. The van der Waals surface area contributed by atoms with Crippen LogP contribution in [0.3, 0.4) is 0 Å². The second-order valence-electron chi connectivity index (χ2n) is 4.34. The molecule has 1 aliphatic rings. The maximum absolute atomic E-state index is 11.7. The molecule has 2 rings (SSSR count). The van der Waals surface area contributed by atoms with E-state index in [9.17, 15) is 14.4 Å². The summed E-state index contributed by atoms with van der Waals surface area (Å²) >= 11 is 11.7. The van der Waals surface area contributed by atoms with E-state index in [1.165, 1.54) is 12.1 Å². The molecule has 0 unspecified atom stereocenters. The van der Waals surface area contributed by atoms with Crippen LogP contribution in [0.15, 0.2) is 23.3 Å². The third-order valence-electron chi connectivity index (χ3n) is 2.68.